The van der Waals surface area contributed by atoms with Gasteiger partial charge < -0.3 is 5.11 Å². The second kappa shape index (κ2) is 5.80. The van der Waals surface area contributed by atoms with E-state index in [1.807, 2.05) is 0 Å². The Balaban J connectivity index is 0. The maximum atomic E-state index is 9.36. The molecule has 0 spiro atoms. The van der Waals surface area contributed by atoms with Crippen LogP contribution in [0.3, 0.4) is 0 Å². The number of rotatable bonds is 1. The molecule has 4 heteroatoms. The summed E-state index contributed by atoms with van der Waals surface area (Å²) in [6, 6.07) is 0. The third-order valence-electron chi connectivity index (χ3n) is 0.114. The topological polar surface area (TPSA) is 37.3 Å². The maximum Gasteiger partial charge on any atom is 0.313 e. The van der Waals surface area contributed by atoms with Crippen molar-refractivity contribution in [2.45, 2.75) is 0 Å². The fourth-order valence-corrected chi connectivity index (χ4v) is 0. The summed E-state index contributed by atoms with van der Waals surface area (Å²) in [6.07, 6.45) is 0. The predicted molar refractivity (Wildman–Crippen MR) is 32.3 cm³/mol. The van der Waals surface area contributed by atoms with E-state index in [-0.39, 0.29) is 23.3 Å². The van der Waals surface area contributed by atoms with E-state index in [4.69, 9.17) is 5.11 Å². The van der Waals surface area contributed by atoms with Crippen molar-refractivity contribution in [3.05, 3.63) is 0 Å². The standard InChI is InChI=1S/C2H3IO2.Li/c3-1-2(4)5;/h1H2,(H,4,5);. The smallest absolute Gasteiger partial charge is 0.313 e. The van der Waals surface area contributed by atoms with Crippen molar-refractivity contribution in [1.82, 2.24) is 0 Å². The van der Waals surface area contributed by atoms with Crippen LogP contribution in [0.15, 0.2) is 0 Å². The average Bonchev–Trinajstić information content (AvgIpc) is 1.38. The zero-order valence-electron chi connectivity index (χ0n) is 3.44. The second-order valence-corrected chi connectivity index (χ2v) is 1.29. The molecule has 0 rings (SSSR count). The Morgan fingerprint density at radius 3 is 2.00 bits per heavy atom. The SMILES string of the molecule is O=C(O)CI.[Li]. The Morgan fingerprint density at radius 2 is 2.00 bits per heavy atom. The van der Waals surface area contributed by atoms with E-state index in [2.05, 4.69) is 0 Å². The first-order chi connectivity index (χ1) is 2.27. The molecule has 1 radical (unpaired) electrons. The molecule has 0 saturated carbocycles. The number of hydrogen-bond donors (Lipinski definition) is 1. The molecule has 31 valence electrons. The molecule has 0 heterocycles. The van der Waals surface area contributed by atoms with Gasteiger partial charge in [0.05, 0.1) is 4.43 Å². The van der Waals surface area contributed by atoms with Crippen molar-refractivity contribution < 1.29 is 9.90 Å². The molecule has 0 atom stereocenters. The van der Waals surface area contributed by atoms with Gasteiger partial charge in [-0.05, 0) is 0 Å². The van der Waals surface area contributed by atoms with E-state index in [9.17, 15) is 4.79 Å². The monoisotopic (exact) mass is 193 g/mol. The Morgan fingerprint density at radius 1 is 1.83 bits per heavy atom. The molecule has 0 aliphatic heterocycles. The van der Waals surface area contributed by atoms with Crippen molar-refractivity contribution in [3.8, 4) is 0 Å². The number of carboxylic acids is 1. The summed E-state index contributed by atoms with van der Waals surface area (Å²) < 4.78 is 0.192. The number of halogens is 1. The summed E-state index contributed by atoms with van der Waals surface area (Å²) in [7, 11) is 0. The van der Waals surface area contributed by atoms with Gasteiger partial charge in [0.2, 0.25) is 0 Å². The second-order valence-electron chi connectivity index (χ2n) is 0.527. The number of hydrogen-bond acceptors (Lipinski definition) is 1. The van der Waals surface area contributed by atoms with Gasteiger partial charge in [-0.15, -0.1) is 0 Å². The summed E-state index contributed by atoms with van der Waals surface area (Å²) in [5, 5.41) is 7.71. The largest absolute Gasteiger partial charge is 0.481 e. The molecule has 6 heavy (non-hydrogen) atoms. The van der Waals surface area contributed by atoms with Gasteiger partial charge in [-0.3, -0.25) is 4.79 Å². The fraction of sp³-hybridized carbons (Fsp3) is 0.500. The molecule has 0 fully saturated rings. The van der Waals surface area contributed by atoms with Crippen LogP contribution in [0.5, 0.6) is 0 Å². The molecule has 0 aliphatic carbocycles. The molecular formula is C2H3ILiO2. The van der Waals surface area contributed by atoms with Crippen LogP contribution < -0.4 is 0 Å². The number of carbonyl (C=O) groups is 1. The summed E-state index contributed by atoms with van der Waals surface area (Å²) in [5.74, 6) is -0.759. The molecule has 0 aromatic heterocycles. The van der Waals surface area contributed by atoms with Crippen LogP contribution in [0, 0.1) is 0 Å². The third-order valence-corrected chi connectivity index (χ3v) is 0.767. The van der Waals surface area contributed by atoms with Crippen LogP contribution in [-0.2, 0) is 4.79 Å². The number of carboxylic acid groups (broad SMARTS) is 1. The molecule has 0 aliphatic rings. The minimum atomic E-state index is -0.759. The molecule has 0 unspecified atom stereocenters. The summed E-state index contributed by atoms with van der Waals surface area (Å²) in [6.45, 7) is 0. The Bertz CT molecular complexity index is 46.8. The molecular weight excluding hydrogens is 190 g/mol. The van der Waals surface area contributed by atoms with Gasteiger partial charge in [0.25, 0.3) is 0 Å². The van der Waals surface area contributed by atoms with Crippen LogP contribution >= 0.6 is 22.6 Å². The minimum absolute atomic E-state index is 0. The van der Waals surface area contributed by atoms with Gasteiger partial charge in [0.1, 0.15) is 0 Å². The number of aliphatic carboxylic acids is 1. The van der Waals surface area contributed by atoms with E-state index in [1.165, 1.54) is 0 Å². The molecule has 1 N–H and O–H groups in total. The van der Waals surface area contributed by atoms with E-state index < -0.39 is 5.97 Å². The van der Waals surface area contributed by atoms with E-state index in [0.717, 1.165) is 0 Å². The molecule has 0 aromatic rings. The third kappa shape index (κ3) is 8.84. The van der Waals surface area contributed by atoms with E-state index in [0.29, 0.717) is 0 Å². The average molecular weight is 193 g/mol. The minimum Gasteiger partial charge on any atom is -0.481 e. The van der Waals surface area contributed by atoms with Crippen LogP contribution in [0.1, 0.15) is 0 Å². The molecule has 0 bridgehead atoms. The van der Waals surface area contributed by atoms with Gasteiger partial charge in [-0.2, -0.15) is 0 Å². The van der Waals surface area contributed by atoms with Crippen molar-refractivity contribution in [3.63, 3.8) is 0 Å². The zero-order valence-corrected chi connectivity index (χ0v) is 5.60. The van der Waals surface area contributed by atoms with E-state index >= 15 is 0 Å². The Labute approximate surface area is 61.6 Å². The Hall–Kier alpha value is 0.797. The molecule has 0 amide bonds. The van der Waals surface area contributed by atoms with Gasteiger partial charge >= 0.3 is 5.97 Å². The van der Waals surface area contributed by atoms with Crippen LogP contribution in [0.2, 0.25) is 0 Å². The van der Waals surface area contributed by atoms with Crippen LogP contribution in [0.4, 0.5) is 0 Å². The molecule has 2 nitrogen and oxygen atoms in total. The van der Waals surface area contributed by atoms with Crippen molar-refractivity contribution in [2.75, 3.05) is 4.43 Å². The zero-order chi connectivity index (χ0) is 4.28. The first-order valence-corrected chi connectivity index (χ1v) is 2.57. The summed E-state index contributed by atoms with van der Waals surface area (Å²) in [5.41, 5.74) is 0. The van der Waals surface area contributed by atoms with Crippen LogP contribution in [-0.4, -0.2) is 34.4 Å². The summed E-state index contributed by atoms with van der Waals surface area (Å²) in [4.78, 5) is 9.36. The molecule has 0 saturated heterocycles. The normalized spacial score (nSPS) is 6.17. The molecule has 0 aromatic carbocycles. The van der Waals surface area contributed by atoms with Crippen LogP contribution in [0.25, 0.3) is 0 Å². The summed E-state index contributed by atoms with van der Waals surface area (Å²) >= 11 is 1.78. The predicted octanol–water partition coefficient (Wildman–Crippen LogP) is 0.125. The van der Waals surface area contributed by atoms with Gasteiger partial charge in [-0.1, -0.05) is 22.6 Å². The van der Waals surface area contributed by atoms with Crippen molar-refractivity contribution in [1.29, 1.82) is 0 Å². The first kappa shape index (κ1) is 9.93. The fourth-order valence-electron chi connectivity index (χ4n) is 0. The van der Waals surface area contributed by atoms with Gasteiger partial charge in [0.15, 0.2) is 0 Å². The Kier molecular flexibility index (Phi) is 9.59. The number of alkyl halides is 1. The maximum absolute atomic E-state index is 9.36. The van der Waals surface area contributed by atoms with Crippen molar-refractivity contribution in [2.24, 2.45) is 0 Å². The van der Waals surface area contributed by atoms with Crippen molar-refractivity contribution >= 4 is 47.4 Å². The first-order valence-electron chi connectivity index (χ1n) is 1.05. The van der Waals surface area contributed by atoms with E-state index in [1.54, 1.807) is 22.6 Å². The van der Waals surface area contributed by atoms with Gasteiger partial charge in [-0.25, -0.2) is 0 Å². The quantitative estimate of drug-likeness (QED) is 0.365. The van der Waals surface area contributed by atoms with Gasteiger partial charge in [0, 0.05) is 18.9 Å².